The van der Waals surface area contributed by atoms with Gasteiger partial charge in [0.05, 0.1) is 6.04 Å². The van der Waals surface area contributed by atoms with E-state index in [0.717, 1.165) is 51.1 Å². The molecular formula is C28H36N4O2. The summed E-state index contributed by atoms with van der Waals surface area (Å²) in [4.78, 5) is 33.0. The smallest absolute Gasteiger partial charge is 0.321 e. The second-order valence-corrected chi connectivity index (χ2v) is 10.1. The molecule has 0 radical (unpaired) electrons. The topological polar surface area (TPSA) is 55.9 Å². The zero-order chi connectivity index (χ0) is 23.5. The molecule has 1 atom stereocenters. The van der Waals surface area contributed by atoms with Gasteiger partial charge in [-0.05, 0) is 55.4 Å². The number of fused-ring (bicyclic) bond motifs is 1. The number of hydrogen-bond acceptors (Lipinski definition) is 3. The van der Waals surface area contributed by atoms with Crippen LogP contribution in [0.25, 0.3) is 0 Å². The molecule has 2 heterocycles. The highest BCUT2D eigenvalue weighted by Gasteiger charge is 2.39. The molecule has 0 spiro atoms. The molecule has 1 aliphatic carbocycles. The Morgan fingerprint density at radius 1 is 0.853 bits per heavy atom. The van der Waals surface area contributed by atoms with E-state index in [1.54, 1.807) is 0 Å². The first-order valence-electron chi connectivity index (χ1n) is 12.8. The normalized spacial score (nSPS) is 20.1. The van der Waals surface area contributed by atoms with E-state index in [-0.39, 0.29) is 12.1 Å². The summed E-state index contributed by atoms with van der Waals surface area (Å²) in [6, 6.07) is 16.3. The minimum absolute atomic E-state index is 0.0557. The zero-order valence-electron chi connectivity index (χ0n) is 20.2. The number of amides is 3. The Balaban J connectivity index is 1.23. The van der Waals surface area contributed by atoms with Crippen molar-refractivity contribution in [2.24, 2.45) is 5.92 Å². The Bertz CT molecular complexity index is 1010. The molecule has 1 N–H and O–H groups in total. The molecular weight excluding hydrogens is 424 g/mol. The second kappa shape index (κ2) is 10.2. The fourth-order valence-electron chi connectivity index (χ4n) is 5.84. The molecule has 0 bridgehead atoms. The Hall–Kier alpha value is -2.86. The fraction of sp³-hybridized carbons (Fsp3) is 0.500. The van der Waals surface area contributed by atoms with Gasteiger partial charge in [-0.3, -0.25) is 9.69 Å². The average molecular weight is 461 g/mol. The zero-order valence-corrected chi connectivity index (χ0v) is 20.2. The molecule has 0 unspecified atom stereocenters. The summed E-state index contributed by atoms with van der Waals surface area (Å²) in [5.74, 6) is 0.719. The number of nitrogens with one attached hydrogen (secondary N) is 1. The van der Waals surface area contributed by atoms with E-state index in [1.165, 1.54) is 29.5 Å². The van der Waals surface area contributed by atoms with Gasteiger partial charge in [-0.15, -0.1) is 0 Å². The molecule has 0 aromatic heterocycles. The number of hydrogen-bond donors (Lipinski definition) is 1. The van der Waals surface area contributed by atoms with Gasteiger partial charge >= 0.3 is 6.03 Å². The third kappa shape index (κ3) is 4.97. The maximum absolute atomic E-state index is 13.9. The summed E-state index contributed by atoms with van der Waals surface area (Å²) in [6.07, 6.45) is 5.64. The van der Waals surface area contributed by atoms with Crippen molar-refractivity contribution in [1.82, 2.24) is 14.7 Å². The van der Waals surface area contributed by atoms with Crippen LogP contribution < -0.4 is 5.32 Å². The molecule has 5 rings (SSSR count). The van der Waals surface area contributed by atoms with Gasteiger partial charge in [0, 0.05) is 45.0 Å². The molecule has 2 aliphatic heterocycles. The minimum Gasteiger partial charge on any atom is -0.337 e. The van der Waals surface area contributed by atoms with Crippen LogP contribution in [0.3, 0.4) is 0 Å². The molecule has 2 aromatic carbocycles. The van der Waals surface area contributed by atoms with Gasteiger partial charge in [-0.1, -0.05) is 54.8 Å². The largest absolute Gasteiger partial charge is 0.337 e. The predicted octanol–water partition coefficient (Wildman–Crippen LogP) is 4.29. The maximum Gasteiger partial charge on any atom is 0.321 e. The van der Waals surface area contributed by atoms with Crippen LogP contribution in [0, 0.1) is 12.8 Å². The summed E-state index contributed by atoms with van der Waals surface area (Å²) >= 11 is 0. The molecule has 6 heteroatoms. The van der Waals surface area contributed by atoms with Crippen LogP contribution in [0.5, 0.6) is 0 Å². The van der Waals surface area contributed by atoms with Crippen LogP contribution in [-0.4, -0.2) is 65.4 Å². The number of benzene rings is 2. The Kier molecular flexibility index (Phi) is 6.86. The molecule has 3 aliphatic rings. The third-order valence-corrected chi connectivity index (χ3v) is 7.84. The number of aryl methyl sites for hydroxylation is 1. The van der Waals surface area contributed by atoms with Gasteiger partial charge in [-0.25, -0.2) is 4.79 Å². The summed E-state index contributed by atoms with van der Waals surface area (Å²) in [7, 11) is 0. The summed E-state index contributed by atoms with van der Waals surface area (Å²) < 4.78 is 0. The van der Waals surface area contributed by atoms with Crippen LogP contribution in [0.1, 0.15) is 42.4 Å². The van der Waals surface area contributed by atoms with E-state index in [9.17, 15) is 9.59 Å². The van der Waals surface area contributed by atoms with Crippen molar-refractivity contribution in [2.75, 3.05) is 38.0 Å². The van der Waals surface area contributed by atoms with Crippen molar-refractivity contribution in [3.8, 4) is 0 Å². The molecule has 2 fully saturated rings. The van der Waals surface area contributed by atoms with E-state index in [0.29, 0.717) is 24.9 Å². The standard InChI is InChI=1S/C28H36N4O2/c1-21-10-12-25(13-11-21)29-28(34)31-18-16-30(17-19-31)26(23-7-3-4-8-23)27(33)32-15-14-22-6-2-5-9-24(22)20-32/h2,5-6,9-13,23,26H,3-4,7-8,14-20H2,1H3,(H,29,34)/t26-/m0/s1. The number of carbonyl (C=O) groups is 2. The SMILES string of the molecule is Cc1ccc(NC(=O)N2CCN([C@H](C(=O)N3CCc4ccccc4C3)C3CCCC3)CC2)cc1. The van der Waals surface area contributed by atoms with Crippen molar-refractivity contribution >= 4 is 17.6 Å². The van der Waals surface area contributed by atoms with E-state index >= 15 is 0 Å². The van der Waals surface area contributed by atoms with Gasteiger partial charge in [-0.2, -0.15) is 0 Å². The second-order valence-electron chi connectivity index (χ2n) is 10.1. The molecule has 1 saturated carbocycles. The van der Waals surface area contributed by atoms with Crippen LogP contribution >= 0.6 is 0 Å². The molecule has 1 saturated heterocycles. The molecule has 2 aromatic rings. The Labute approximate surface area is 202 Å². The van der Waals surface area contributed by atoms with E-state index in [2.05, 4.69) is 39.4 Å². The lowest BCUT2D eigenvalue weighted by Gasteiger charge is -2.43. The molecule has 180 valence electrons. The monoisotopic (exact) mass is 460 g/mol. The van der Waals surface area contributed by atoms with Gasteiger partial charge in [0.15, 0.2) is 0 Å². The lowest BCUT2D eigenvalue weighted by atomic mass is 9.92. The van der Waals surface area contributed by atoms with Crippen LogP contribution in [0.4, 0.5) is 10.5 Å². The number of carbonyl (C=O) groups excluding carboxylic acids is 2. The van der Waals surface area contributed by atoms with Crippen LogP contribution in [0.2, 0.25) is 0 Å². The molecule has 6 nitrogen and oxygen atoms in total. The molecule has 3 amide bonds. The van der Waals surface area contributed by atoms with Gasteiger partial charge in [0.25, 0.3) is 0 Å². The lowest BCUT2D eigenvalue weighted by molar-refractivity contribution is -0.141. The van der Waals surface area contributed by atoms with E-state index in [4.69, 9.17) is 0 Å². The van der Waals surface area contributed by atoms with Crippen molar-refractivity contribution < 1.29 is 9.59 Å². The van der Waals surface area contributed by atoms with E-state index < -0.39 is 0 Å². The van der Waals surface area contributed by atoms with Crippen molar-refractivity contribution in [3.05, 3.63) is 65.2 Å². The maximum atomic E-state index is 13.9. The highest BCUT2D eigenvalue weighted by molar-refractivity contribution is 5.89. The minimum atomic E-state index is -0.0601. The van der Waals surface area contributed by atoms with Crippen LogP contribution in [0.15, 0.2) is 48.5 Å². The quantitative estimate of drug-likeness (QED) is 0.741. The lowest BCUT2D eigenvalue weighted by Crippen LogP contribution is -2.59. The van der Waals surface area contributed by atoms with Gasteiger partial charge < -0.3 is 15.1 Å². The average Bonchev–Trinajstić information content (AvgIpc) is 3.40. The Morgan fingerprint density at radius 2 is 1.53 bits per heavy atom. The summed E-state index contributed by atoms with van der Waals surface area (Å²) in [5.41, 5.74) is 4.65. The van der Waals surface area contributed by atoms with Crippen molar-refractivity contribution in [1.29, 1.82) is 0 Å². The highest BCUT2D eigenvalue weighted by Crippen LogP contribution is 2.33. The summed E-state index contributed by atoms with van der Waals surface area (Å²) in [5, 5.41) is 3.02. The van der Waals surface area contributed by atoms with Gasteiger partial charge in [0.1, 0.15) is 0 Å². The van der Waals surface area contributed by atoms with Crippen molar-refractivity contribution in [2.45, 2.75) is 51.6 Å². The predicted molar refractivity (Wildman–Crippen MR) is 135 cm³/mol. The molecule has 34 heavy (non-hydrogen) atoms. The first-order chi connectivity index (χ1) is 16.6. The first-order valence-corrected chi connectivity index (χ1v) is 12.8. The van der Waals surface area contributed by atoms with Crippen molar-refractivity contribution in [3.63, 3.8) is 0 Å². The number of urea groups is 1. The van der Waals surface area contributed by atoms with E-state index in [1.807, 2.05) is 36.1 Å². The number of nitrogens with zero attached hydrogens (tertiary/aromatic N) is 3. The summed E-state index contributed by atoms with van der Waals surface area (Å²) in [6.45, 7) is 6.36. The Morgan fingerprint density at radius 3 is 2.24 bits per heavy atom. The first kappa shape index (κ1) is 22.9. The number of piperazine rings is 1. The highest BCUT2D eigenvalue weighted by atomic mass is 16.2. The van der Waals surface area contributed by atoms with Gasteiger partial charge in [0.2, 0.25) is 5.91 Å². The number of rotatable bonds is 4. The third-order valence-electron chi connectivity index (χ3n) is 7.84. The number of anilines is 1. The van der Waals surface area contributed by atoms with Crippen LogP contribution in [-0.2, 0) is 17.8 Å². The fourth-order valence-corrected chi connectivity index (χ4v) is 5.84.